The van der Waals surface area contributed by atoms with E-state index in [1.54, 1.807) is 84.2 Å². The van der Waals surface area contributed by atoms with Crippen molar-refractivity contribution in [3.63, 3.8) is 0 Å². The van der Waals surface area contributed by atoms with Crippen molar-refractivity contribution in [3.05, 3.63) is 166 Å². The molecule has 0 aliphatic rings. The number of aryl methyl sites for hydroxylation is 1. The largest absolute Gasteiger partial charge is 0.507 e. The van der Waals surface area contributed by atoms with E-state index in [-0.39, 0.29) is 60.3 Å². The van der Waals surface area contributed by atoms with Gasteiger partial charge in [-0.25, -0.2) is 4.98 Å². The van der Waals surface area contributed by atoms with Crippen LogP contribution in [0.5, 0.6) is 5.75 Å². The summed E-state index contributed by atoms with van der Waals surface area (Å²) >= 11 is 0. The van der Waals surface area contributed by atoms with Crippen LogP contribution in [0.1, 0.15) is 169 Å². The zero-order valence-corrected chi connectivity index (χ0v) is 44.4. The summed E-state index contributed by atoms with van der Waals surface area (Å²) in [5.41, 5.74) is 12.0. The number of hydrogen-bond donors (Lipinski definition) is 1. The van der Waals surface area contributed by atoms with Crippen LogP contribution in [-0.4, -0.2) is 19.6 Å². The molecule has 2 aromatic heterocycles. The predicted molar refractivity (Wildman–Crippen MR) is 285 cm³/mol. The maximum absolute atomic E-state index is 12.4. The van der Waals surface area contributed by atoms with Crippen molar-refractivity contribution in [1.29, 1.82) is 0 Å². The summed E-state index contributed by atoms with van der Waals surface area (Å²) < 4.78 is 66.0. The van der Waals surface area contributed by atoms with Crippen LogP contribution in [0, 0.1) is 12.9 Å². The van der Waals surface area contributed by atoms with Crippen LogP contribution < -0.4 is 0 Å². The van der Waals surface area contributed by atoms with Crippen molar-refractivity contribution in [2.75, 3.05) is 0 Å². The number of benzene rings is 6. The fourth-order valence-electron chi connectivity index (χ4n) is 9.01. The van der Waals surface area contributed by atoms with Crippen molar-refractivity contribution in [2.24, 2.45) is 0 Å². The maximum Gasteiger partial charge on any atom is 0.148 e. The number of rotatable bonds is 10. The van der Waals surface area contributed by atoms with E-state index >= 15 is 0 Å². The first-order valence-electron chi connectivity index (χ1n) is 26.9. The van der Waals surface area contributed by atoms with E-state index in [1.807, 2.05) is 54.7 Å². The first-order chi connectivity index (χ1) is 34.0. The van der Waals surface area contributed by atoms with E-state index < -0.39 is 30.4 Å². The molecule has 354 valence electrons. The number of phenolic OH excluding ortho intramolecular Hbond substituents is 1. The number of aromatic hydroxyl groups is 1. The number of fused-ring (bicyclic) bond motifs is 1. The Kier molecular flexibility index (Phi) is 11.8. The van der Waals surface area contributed by atoms with Crippen molar-refractivity contribution in [2.45, 2.75) is 138 Å². The standard InChI is InChI=1S/C63H70N3O.Pt/c1-37(2)45-34-53(40(7)8)60(67)54(35-45)61-65-59-52(20-17-21-57(59)66(61)56-27-24-44(30-41(56)9)58-50(38(3)4)18-16-19-51(58)39(5)6)46-31-47(33-49(32-46)63(13,14)15)55-36-43(28-29-64-55)42-22-25-48(26-23-42)62(10,11)12;/h16-30,32-40,67H,1-15H3;/q-1;/i9D3,37D,38D,39D,40D;. The first-order valence-corrected chi connectivity index (χ1v) is 23.4. The van der Waals surface area contributed by atoms with Gasteiger partial charge >= 0.3 is 0 Å². The third-order valence-electron chi connectivity index (χ3n) is 13.0. The second kappa shape index (κ2) is 19.4. The first kappa shape index (κ1) is 41.4. The molecule has 1 N–H and O–H groups in total. The van der Waals surface area contributed by atoms with Gasteiger partial charge in [-0.3, -0.25) is 9.55 Å². The summed E-state index contributed by atoms with van der Waals surface area (Å²) in [5.74, 6) is -4.60. The summed E-state index contributed by atoms with van der Waals surface area (Å²) in [5, 5.41) is 12.4. The zero-order chi connectivity index (χ0) is 54.5. The Balaban J connectivity index is 0.00000820. The summed E-state index contributed by atoms with van der Waals surface area (Å²) in [7, 11) is 0. The Morgan fingerprint density at radius 2 is 1.22 bits per heavy atom. The van der Waals surface area contributed by atoms with Crippen LogP contribution in [0.3, 0.4) is 0 Å². The van der Waals surface area contributed by atoms with Gasteiger partial charge in [-0.05, 0) is 127 Å². The predicted octanol–water partition coefficient (Wildman–Crippen LogP) is 17.7. The van der Waals surface area contributed by atoms with Crippen molar-refractivity contribution in [3.8, 4) is 67.5 Å². The quantitative estimate of drug-likeness (QED) is 0.139. The fraction of sp³-hybridized carbons (Fsp3) is 0.333. The molecule has 0 amide bonds. The molecule has 0 spiro atoms. The SMILES string of the molecule is [2H]C([2H])([2H])c1cc(-c2c(C([2H])(C)C)cccc2C([2H])(C)C)ccc1-n1c(-c2cc(C([2H])(C)C)cc(C([2H])(C)C)c2O)nc2c(-c3[c-]c(-c4cc(-c5ccc(C(C)(C)C)cc5)ccn4)cc(C(C)(C)C)c3)cccc21.[Pt]. The summed E-state index contributed by atoms with van der Waals surface area (Å²) in [6.45, 7) is 24.4. The molecule has 0 bridgehead atoms. The molecular weight excluding hydrogens is 1010 g/mol. The van der Waals surface area contributed by atoms with E-state index in [0.29, 0.717) is 50.0 Å². The van der Waals surface area contributed by atoms with Crippen LogP contribution in [0.2, 0.25) is 0 Å². The third-order valence-corrected chi connectivity index (χ3v) is 13.0. The molecule has 8 rings (SSSR count). The molecule has 2 heterocycles. The van der Waals surface area contributed by atoms with Gasteiger partial charge in [-0.15, -0.1) is 29.3 Å². The maximum atomic E-state index is 12.4. The molecule has 0 unspecified atom stereocenters. The van der Waals surface area contributed by atoms with Crippen molar-refractivity contribution in [1.82, 2.24) is 14.5 Å². The molecule has 4 nitrogen and oxygen atoms in total. The Hall–Kier alpha value is -5.57. The monoisotopic (exact) mass is 1090 g/mol. The van der Waals surface area contributed by atoms with Crippen LogP contribution in [0.15, 0.2) is 121 Å². The molecule has 0 fully saturated rings. The van der Waals surface area contributed by atoms with Crippen LogP contribution >= 0.6 is 0 Å². The second-order valence-electron chi connectivity index (χ2n) is 21.0. The van der Waals surface area contributed by atoms with Crippen molar-refractivity contribution < 1.29 is 35.8 Å². The Morgan fingerprint density at radius 1 is 0.603 bits per heavy atom. The van der Waals surface area contributed by atoms with Gasteiger partial charge in [0, 0.05) is 42.6 Å². The van der Waals surface area contributed by atoms with Gasteiger partial charge < -0.3 is 5.11 Å². The molecule has 0 radical (unpaired) electrons. The summed E-state index contributed by atoms with van der Waals surface area (Å²) in [6.07, 6.45) is 1.83. The normalized spacial score (nSPS) is 14.5. The number of hydrogen-bond acceptors (Lipinski definition) is 3. The van der Waals surface area contributed by atoms with Gasteiger partial charge in [-0.2, -0.15) is 0 Å². The van der Waals surface area contributed by atoms with E-state index in [2.05, 4.69) is 90.1 Å². The van der Waals surface area contributed by atoms with E-state index in [1.165, 1.54) is 5.56 Å². The minimum Gasteiger partial charge on any atom is -0.507 e. The second-order valence-corrected chi connectivity index (χ2v) is 21.0. The van der Waals surface area contributed by atoms with Crippen LogP contribution in [0.25, 0.3) is 72.7 Å². The Labute approximate surface area is 431 Å². The third kappa shape index (κ3) is 9.82. The number of imidazole rings is 1. The van der Waals surface area contributed by atoms with E-state index in [9.17, 15) is 10.6 Å². The number of para-hydroxylation sites is 1. The van der Waals surface area contributed by atoms with E-state index in [4.69, 9.17) is 14.1 Å². The molecule has 68 heavy (non-hydrogen) atoms. The minimum atomic E-state index is -2.69. The molecule has 0 saturated heterocycles. The number of pyridine rings is 1. The average molecular weight is 1090 g/mol. The summed E-state index contributed by atoms with van der Waals surface area (Å²) in [4.78, 5) is 10.3. The zero-order valence-electron chi connectivity index (χ0n) is 49.2. The van der Waals surface area contributed by atoms with Gasteiger partial charge in [0.15, 0.2) is 0 Å². The molecule has 8 aromatic rings. The Morgan fingerprint density at radius 3 is 1.82 bits per heavy atom. The topological polar surface area (TPSA) is 50.9 Å². The van der Waals surface area contributed by atoms with Gasteiger partial charge in [0.05, 0.1) is 22.3 Å². The molecular formula is C63H70N3OPt-. The van der Waals surface area contributed by atoms with Crippen LogP contribution in [0.4, 0.5) is 0 Å². The minimum absolute atomic E-state index is 0. The van der Waals surface area contributed by atoms with E-state index in [0.717, 1.165) is 33.5 Å². The van der Waals surface area contributed by atoms with Crippen molar-refractivity contribution >= 4 is 11.0 Å². The van der Waals surface area contributed by atoms with Gasteiger partial charge in [0.1, 0.15) is 11.6 Å². The average Bonchev–Trinajstić information content (AvgIpc) is 3.68. The molecule has 0 aliphatic heterocycles. The molecule has 0 saturated carbocycles. The molecule has 0 atom stereocenters. The number of aromatic nitrogens is 3. The Bertz CT molecular complexity index is 3410. The fourth-order valence-corrected chi connectivity index (χ4v) is 9.01. The van der Waals surface area contributed by atoms with Crippen LogP contribution in [-0.2, 0) is 31.9 Å². The number of phenols is 1. The van der Waals surface area contributed by atoms with Gasteiger partial charge in [0.2, 0.25) is 0 Å². The molecule has 6 aromatic carbocycles. The molecule has 0 aliphatic carbocycles. The number of nitrogens with zero attached hydrogens (tertiary/aromatic N) is 3. The molecule has 5 heteroatoms. The smallest absolute Gasteiger partial charge is 0.148 e. The van der Waals surface area contributed by atoms with Gasteiger partial charge in [-0.1, -0.05) is 181 Å². The van der Waals surface area contributed by atoms with Gasteiger partial charge in [0.25, 0.3) is 0 Å². The summed E-state index contributed by atoms with van der Waals surface area (Å²) in [6, 6.07) is 40.8.